The molecule has 20 heavy (non-hydrogen) atoms. The number of hydrazine groups is 1. The van der Waals surface area contributed by atoms with Crippen molar-refractivity contribution in [3.05, 3.63) is 22.8 Å². The van der Waals surface area contributed by atoms with Crippen LogP contribution in [0.15, 0.2) is 12.3 Å². The van der Waals surface area contributed by atoms with Gasteiger partial charge in [-0.15, -0.1) is 0 Å². The Bertz CT molecular complexity index is 474. The lowest BCUT2D eigenvalue weighted by atomic mass is 10.2. The Morgan fingerprint density at radius 1 is 1.40 bits per heavy atom. The summed E-state index contributed by atoms with van der Waals surface area (Å²) >= 11 is 6.09. The Hall–Kier alpha value is -1.37. The third kappa shape index (κ3) is 3.82. The van der Waals surface area contributed by atoms with Crippen molar-refractivity contribution in [3.8, 4) is 0 Å². The number of likely N-dealkylation sites (N-methyl/N-ethyl adjacent to an activating group) is 1. The third-order valence-electron chi connectivity index (χ3n) is 3.21. The van der Waals surface area contributed by atoms with Gasteiger partial charge in [0.25, 0.3) is 5.91 Å². The number of anilines is 1. The SMILES string of the molecule is CCNc1ncc(C(=O)NN2CCN(C)CC2)cc1Cl. The van der Waals surface area contributed by atoms with Crippen molar-refractivity contribution in [1.29, 1.82) is 0 Å². The number of carbonyl (C=O) groups is 1. The van der Waals surface area contributed by atoms with Crippen LogP contribution in [0.25, 0.3) is 0 Å². The number of carbonyl (C=O) groups excluding carboxylic acids is 1. The van der Waals surface area contributed by atoms with E-state index >= 15 is 0 Å². The minimum absolute atomic E-state index is 0.174. The number of nitrogens with one attached hydrogen (secondary N) is 2. The lowest BCUT2D eigenvalue weighted by Gasteiger charge is -2.32. The molecule has 2 N–H and O–H groups in total. The molecule has 0 radical (unpaired) electrons. The molecule has 1 aromatic heterocycles. The van der Waals surface area contributed by atoms with Gasteiger partial charge in [-0.2, -0.15) is 0 Å². The van der Waals surface area contributed by atoms with E-state index in [9.17, 15) is 4.79 Å². The number of amides is 1. The highest BCUT2D eigenvalue weighted by atomic mass is 35.5. The van der Waals surface area contributed by atoms with Crippen molar-refractivity contribution >= 4 is 23.3 Å². The van der Waals surface area contributed by atoms with Gasteiger partial charge in [0.05, 0.1) is 10.6 Å². The van der Waals surface area contributed by atoms with E-state index in [0.29, 0.717) is 16.4 Å². The smallest absolute Gasteiger partial charge is 0.267 e. The maximum absolute atomic E-state index is 12.1. The van der Waals surface area contributed by atoms with E-state index in [2.05, 4.69) is 27.7 Å². The van der Waals surface area contributed by atoms with E-state index in [4.69, 9.17) is 11.6 Å². The van der Waals surface area contributed by atoms with Crippen LogP contribution in [0.5, 0.6) is 0 Å². The second-order valence-electron chi connectivity index (χ2n) is 4.82. The first-order valence-corrected chi connectivity index (χ1v) is 7.12. The van der Waals surface area contributed by atoms with Crippen molar-refractivity contribution in [2.45, 2.75) is 6.92 Å². The lowest BCUT2D eigenvalue weighted by Crippen LogP contribution is -2.52. The first-order valence-electron chi connectivity index (χ1n) is 6.74. The summed E-state index contributed by atoms with van der Waals surface area (Å²) in [4.78, 5) is 18.5. The summed E-state index contributed by atoms with van der Waals surface area (Å²) in [6, 6.07) is 1.64. The van der Waals surface area contributed by atoms with Gasteiger partial charge < -0.3 is 10.2 Å². The van der Waals surface area contributed by atoms with Gasteiger partial charge in [0.1, 0.15) is 5.82 Å². The van der Waals surface area contributed by atoms with Crippen molar-refractivity contribution in [2.24, 2.45) is 0 Å². The standard InChI is InChI=1S/C13H20ClN5O/c1-3-15-12-11(14)8-10(9-16-12)13(20)17-19-6-4-18(2)5-7-19/h8-9H,3-7H2,1-2H3,(H,15,16)(H,17,20). The van der Waals surface area contributed by atoms with Gasteiger partial charge in [0.15, 0.2) is 0 Å². The number of nitrogens with zero attached hydrogens (tertiary/aromatic N) is 3. The van der Waals surface area contributed by atoms with Crippen LogP contribution in [0.3, 0.4) is 0 Å². The summed E-state index contributed by atoms with van der Waals surface area (Å²) in [5, 5.41) is 5.42. The molecule has 2 heterocycles. The number of aromatic nitrogens is 1. The van der Waals surface area contributed by atoms with Gasteiger partial charge in [-0.25, -0.2) is 9.99 Å². The first-order chi connectivity index (χ1) is 9.60. The van der Waals surface area contributed by atoms with Gasteiger partial charge in [-0.05, 0) is 20.0 Å². The minimum Gasteiger partial charge on any atom is -0.369 e. The topological polar surface area (TPSA) is 60.5 Å². The Balaban J connectivity index is 1.97. The number of rotatable bonds is 4. The average Bonchev–Trinajstić information content (AvgIpc) is 2.44. The van der Waals surface area contributed by atoms with Crippen LogP contribution in [-0.4, -0.2) is 60.6 Å². The summed E-state index contributed by atoms with van der Waals surface area (Å²) < 4.78 is 0. The molecule has 0 aliphatic carbocycles. The van der Waals surface area contributed by atoms with Crippen LogP contribution in [0.1, 0.15) is 17.3 Å². The van der Waals surface area contributed by atoms with Crippen LogP contribution >= 0.6 is 11.6 Å². The Morgan fingerprint density at radius 3 is 2.70 bits per heavy atom. The molecule has 1 aliphatic heterocycles. The first kappa shape index (κ1) is 15.0. The van der Waals surface area contributed by atoms with E-state index in [-0.39, 0.29) is 5.91 Å². The van der Waals surface area contributed by atoms with Crippen LogP contribution in [0.4, 0.5) is 5.82 Å². The summed E-state index contributed by atoms with van der Waals surface area (Å²) in [5.41, 5.74) is 3.35. The van der Waals surface area contributed by atoms with Gasteiger partial charge in [0, 0.05) is 38.9 Å². The Kier molecular flexibility index (Phi) is 5.17. The summed E-state index contributed by atoms with van der Waals surface area (Å²) in [6.45, 7) is 6.22. The molecule has 6 nitrogen and oxygen atoms in total. The van der Waals surface area contributed by atoms with Crippen LogP contribution in [0.2, 0.25) is 5.02 Å². The number of pyridine rings is 1. The maximum atomic E-state index is 12.1. The molecule has 0 aromatic carbocycles. The molecule has 7 heteroatoms. The minimum atomic E-state index is -0.174. The highest BCUT2D eigenvalue weighted by molar-refractivity contribution is 6.33. The van der Waals surface area contributed by atoms with E-state index in [0.717, 1.165) is 32.7 Å². The zero-order valence-corrected chi connectivity index (χ0v) is 12.6. The molecule has 110 valence electrons. The quantitative estimate of drug-likeness (QED) is 0.870. The molecule has 1 aromatic rings. The fourth-order valence-electron chi connectivity index (χ4n) is 1.99. The van der Waals surface area contributed by atoms with E-state index in [1.54, 1.807) is 6.07 Å². The zero-order chi connectivity index (χ0) is 14.5. The molecule has 2 rings (SSSR count). The fraction of sp³-hybridized carbons (Fsp3) is 0.538. The molecule has 0 saturated carbocycles. The van der Waals surface area contributed by atoms with Crippen molar-refractivity contribution in [2.75, 3.05) is 45.1 Å². The molecule has 0 atom stereocenters. The van der Waals surface area contributed by atoms with Gasteiger partial charge in [0.2, 0.25) is 0 Å². The summed E-state index contributed by atoms with van der Waals surface area (Å²) in [7, 11) is 2.07. The monoisotopic (exact) mass is 297 g/mol. The number of hydrogen-bond donors (Lipinski definition) is 2. The third-order valence-corrected chi connectivity index (χ3v) is 3.50. The van der Waals surface area contributed by atoms with E-state index < -0.39 is 0 Å². The molecule has 1 aliphatic rings. The van der Waals surface area contributed by atoms with Gasteiger partial charge >= 0.3 is 0 Å². The number of piperazine rings is 1. The fourth-order valence-corrected chi connectivity index (χ4v) is 2.22. The highest BCUT2D eigenvalue weighted by Crippen LogP contribution is 2.19. The molecule has 0 spiro atoms. The molecule has 0 bridgehead atoms. The normalized spacial score (nSPS) is 16.9. The van der Waals surface area contributed by atoms with Crippen molar-refractivity contribution < 1.29 is 4.79 Å². The Labute approximate surface area is 124 Å². The van der Waals surface area contributed by atoms with Crippen LogP contribution < -0.4 is 10.7 Å². The second kappa shape index (κ2) is 6.88. The Morgan fingerprint density at radius 2 is 2.10 bits per heavy atom. The predicted octanol–water partition coefficient (Wildman–Crippen LogP) is 1.06. The lowest BCUT2D eigenvalue weighted by molar-refractivity contribution is 0.0662. The zero-order valence-electron chi connectivity index (χ0n) is 11.8. The maximum Gasteiger partial charge on any atom is 0.267 e. The molecule has 1 fully saturated rings. The molecular formula is C13H20ClN5O. The van der Waals surface area contributed by atoms with Crippen molar-refractivity contribution in [3.63, 3.8) is 0 Å². The highest BCUT2D eigenvalue weighted by Gasteiger charge is 2.17. The summed E-state index contributed by atoms with van der Waals surface area (Å²) in [6.07, 6.45) is 1.54. The number of halogens is 1. The molecular weight excluding hydrogens is 278 g/mol. The summed E-state index contributed by atoms with van der Waals surface area (Å²) in [5.74, 6) is 0.428. The van der Waals surface area contributed by atoms with Gasteiger partial charge in [-0.3, -0.25) is 10.2 Å². The molecule has 1 amide bonds. The van der Waals surface area contributed by atoms with Gasteiger partial charge in [-0.1, -0.05) is 11.6 Å². The predicted molar refractivity (Wildman–Crippen MR) is 79.9 cm³/mol. The molecule has 1 saturated heterocycles. The van der Waals surface area contributed by atoms with E-state index in [1.807, 2.05) is 11.9 Å². The number of hydrogen-bond acceptors (Lipinski definition) is 5. The van der Waals surface area contributed by atoms with Crippen LogP contribution in [0, 0.1) is 0 Å². The second-order valence-corrected chi connectivity index (χ2v) is 5.22. The average molecular weight is 298 g/mol. The largest absolute Gasteiger partial charge is 0.369 e. The molecule has 0 unspecified atom stereocenters. The van der Waals surface area contributed by atoms with Crippen LogP contribution in [-0.2, 0) is 0 Å². The van der Waals surface area contributed by atoms with E-state index in [1.165, 1.54) is 6.20 Å². The van der Waals surface area contributed by atoms with Crippen molar-refractivity contribution in [1.82, 2.24) is 20.3 Å².